The van der Waals surface area contributed by atoms with E-state index < -0.39 is 0 Å². The number of rotatable bonds is 3. The number of hydrogen-bond acceptors (Lipinski definition) is 3. The van der Waals surface area contributed by atoms with Crippen molar-refractivity contribution in [2.45, 2.75) is 32.3 Å². The maximum atomic E-state index is 10.4. The molecule has 2 heterocycles. The number of aliphatic hydroxyl groups is 1. The molecule has 3 rings (SSSR count). The second kappa shape index (κ2) is 5.90. The number of ether oxygens (including phenoxy) is 1. The molecule has 1 N–H and O–H groups in total. The third-order valence-corrected chi connectivity index (χ3v) is 4.13. The third kappa shape index (κ3) is 3.00. The lowest BCUT2D eigenvalue weighted by Gasteiger charge is -2.24. The molecule has 1 aliphatic heterocycles. The van der Waals surface area contributed by atoms with Gasteiger partial charge in [0.2, 0.25) is 0 Å². The fourth-order valence-electron chi connectivity index (χ4n) is 2.89. The first-order valence-corrected chi connectivity index (χ1v) is 7.35. The summed E-state index contributed by atoms with van der Waals surface area (Å²) >= 11 is 0. The molecule has 1 atom stereocenters. The lowest BCUT2D eigenvalue weighted by atomic mass is 9.90. The Morgan fingerprint density at radius 1 is 1.25 bits per heavy atom. The number of aromatic nitrogens is 1. The van der Waals surface area contributed by atoms with Gasteiger partial charge in [-0.05, 0) is 55.9 Å². The SMILES string of the molecule is Cc1ccc2cc(C(O)CC3CCOCC3)ccc2n1. The molecule has 1 aromatic carbocycles. The van der Waals surface area contributed by atoms with Crippen LogP contribution < -0.4 is 0 Å². The van der Waals surface area contributed by atoms with Crippen molar-refractivity contribution in [1.29, 1.82) is 0 Å². The monoisotopic (exact) mass is 271 g/mol. The second-order valence-electron chi connectivity index (χ2n) is 5.71. The van der Waals surface area contributed by atoms with Crippen molar-refractivity contribution in [3.8, 4) is 0 Å². The molecule has 0 amide bonds. The minimum atomic E-state index is -0.385. The molecule has 1 fully saturated rings. The first-order valence-electron chi connectivity index (χ1n) is 7.35. The van der Waals surface area contributed by atoms with Gasteiger partial charge in [-0.1, -0.05) is 12.1 Å². The summed E-state index contributed by atoms with van der Waals surface area (Å²) in [6.07, 6.45) is 2.56. The minimum absolute atomic E-state index is 0.385. The van der Waals surface area contributed by atoms with Crippen molar-refractivity contribution < 1.29 is 9.84 Å². The Labute approximate surface area is 119 Å². The van der Waals surface area contributed by atoms with Crippen LogP contribution in [0.3, 0.4) is 0 Å². The van der Waals surface area contributed by atoms with E-state index >= 15 is 0 Å². The topological polar surface area (TPSA) is 42.4 Å². The molecule has 20 heavy (non-hydrogen) atoms. The van der Waals surface area contributed by atoms with E-state index in [1.54, 1.807) is 0 Å². The minimum Gasteiger partial charge on any atom is -0.388 e. The van der Waals surface area contributed by atoms with E-state index in [1.807, 2.05) is 25.1 Å². The highest BCUT2D eigenvalue weighted by atomic mass is 16.5. The van der Waals surface area contributed by atoms with Crippen LogP contribution in [0.1, 0.15) is 36.6 Å². The lowest BCUT2D eigenvalue weighted by Crippen LogP contribution is -2.18. The van der Waals surface area contributed by atoms with Gasteiger partial charge in [0.15, 0.2) is 0 Å². The average Bonchev–Trinajstić information content (AvgIpc) is 2.47. The van der Waals surface area contributed by atoms with Gasteiger partial charge in [-0.2, -0.15) is 0 Å². The number of hydrogen-bond donors (Lipinski definition) is 1. The third-order valence-electron chi connectivity index (χ3n) is 4.13. The Kier molecular flexibility index (Phi) is 3.99. The highest BCUT2D eigenvalue weighted by molar-refractivity contribution is 5.79. The van der Waals surface area contributed by atoms with Crippen LogP contribution in [0, 0.1) is 12.8 Å². The number of benzene rings is 1. The van der Waals surface area contributed by atoms with Crippen molar-refractivity contribution in [3.63, 3.8) is 0 Å². The van der Waals surface area contributed by atoms with E-state index in [0.717, 1.165) is 54.6 Å². The molecule has 0 aliphatic carbocycles. The van der Waals surface area contributed by atoms with Crippen LogP contribution in [0.4, 0.5) is 0 Å². The first kappa shape index (κ1) is 13.5. The maximum absolute atomic E-state index is 10.4. The zero-order valence-electron chi connectivity index (χ0n) is 11.9. The molecule has 0 spiro atoms. The van der Waals surface area contributed by atoms with Crippen LogP contribution in [0.15, 0.2) is 30.3 Å². The number of nitrogens with zero attached hydrogens (tertiary/aromatic N) is 1. The molecule has 3 nitrogen and oxygen atoms in total. The van der Waals surface area contributed by atoms with Crippen molar-refractivity contribution >= 4 is 10.9 Å². The van der Waals surface area contributed by atoms with Gasteiger partial charge in [0, 0.05) is 24.3 Å². The summed E-state index contributed by atoms with van der Waals surface area (Å²) in [6.45, 7) is 3.66. The number of aryl methyl sites for hydroxylation is 1. The van der Waals surface area contributed by atoms with E-state index in [4.69, 9.17) is 4.74 Å². The lowest BCUT2D eigenvalue weighted by molar-refractivity contribution is 0.0435. The molecule has 1 saturated heterocycles. The van der Waals surface area contributed by atoms with Crippen molar-refractivity contribution in [3.05, 3.63) is 41.6 Å². The van der Waals surface area contributed by atoms with Crippen molar-refractivity contribution in [2.24, 2.45) is 5.92 Å². The standard InChI is InChI=1S/C17H21NO2/c1-12-2-3-14-11-15(4-5-16(14)18-12)17(19)10-13-6-8-20-9-7-13/h2-5,11,13,17,19H,6-10H2,1H3. The largest absolute Gasteiger partial charge is 0.388 e. The summed E-state index contributed by atoms with van der Waals surface area (Å²) < 4.78 is 5.37. The van der Waals surface area contributed by atoms with Crippen LogP contribution in [0.2, 0.25) is 0 Å². The van der Waals surface area contributed by atoms with Crippen LogP contribution in [-0.2, 0) is 4.74 Å². The summed E-state index contributed by atoms with van der Waals surface area (Å²) in [7, 11) is 0. The predicted molar refractivity (Wildman–Crippen MR) is 79.6 cm³/mol. The van der Waals surface area contributed by atoms with Gasteiger partial charge < -0.3 is 9.84 Å². The van der Waals surface area contributed by atoms with Crippen molar-refractivity contribution in [2.75, 3.05) is 13.2 Å². The summed E-state index contributed by atoms with van der Waals surface area (Å²) in [4.78, 5) is 4.49. The van der Waals surface area contributed by atoms with Crippen LogP contribution >= 0.6 is 0 Å². The molecule has 3 heteroatoms. The molecular weight excluding hydrogens is 250 g/mol. The van der Waals surface area contributed by atoms with E-state index in [-0.39, 0.29) is 6.10 Å². The van der Waals surface area contributed by atoms with Gasteiger partial charge in [0.1, 0.15) is 0 Å². The highest BCUT2D eigenvalue weighted by Gasteiger charge is 2.19. The summed E-state index contributed by atoms with van der Waals surface area (Å²) in [5.74, 6) is 0.575. The normalized spacial score (nSPS) is 18.3. The Morgan fingerprint density at radius 2 is 2.05 bits per heavy atom. The molecule has 106 valence electrons. The van der Waals surface area contributed by atoms with E-state index in [2.05, 4.69) is 17.1 Å². The van der Waals surface area contributed by atoms with Gasteiger partial charge in [0.25, 0.3) is 0 Å². The molecule has 1 aromatic heterocycles. The molecule has 2 aromatic rings. The Hall–Kier alpha value is -1.45. The van der Waals surface area contributed by atoms with E-state index in [0.29, 0.717) is 5.92 Å². The molecule has 0 saturated carbocycles. The highest BCUT2D eigenvalue weighted by Crippen LogP contribution is 2.28. The second-order valence-corrected chi connectivity index (χ2v) is 5.71. The summed E-state index contributed by atoms with van der Waals surface area (Å²) in [5.41, 5.74) is 3.01. The first-order chi connectivity index (χ1) is 9.72. The molecule has 1 aliphatic rings. The Balaban J connectivity index is 1.76. The smallest absolute Gasteiger partial charge is 0.0793 e. The molecule has 1 unspecified atom stereocenters. The summed E-state index contributed by atoms with van der Waals surface area (Å²) in [6, 6.07) is 10.1. The van der Waals surface area contributed by atoms with Crippen LogP contribution in [0.5, 0.6) is 0 Å². The zero-order chi connectivity index (χ0) is 13.9. The quantitative estimate of drug-likeness (QED) is 0.930. The zero-order valence-corrected chi connectivity index (χ0v) is 11.9. The van der Waals surface area contributed by atoms with Crippen LogP contribution in [0.25, 0.3) is 10.9 Å². The molecular formula is C17H21NO2. The van der Waals surface area contributed by atoms with Gasteiger partial charge in [-0.15, -0.1) is 0 Å². The predicted octanol–water partition coefficient (Wildman–Crippen LogP) is 3.39. The number of pyridine rings is 1. The van der Waals surface area contributed by atoms with Gasteiger partial charge in [0.05, 0.1) is 11.6 Å². The Bertz CT molecular complexity index is 591. The fraction of sp³-hybridized carbons (Fsp3) is 0.471. The van der Waals surface area contributed by atoms with Crippen molar-refractivity contribution in [1.82, 2.24) is 4.98 Å². The van der Waals surface area contributed by atoms with Crippen LogP contribution in [-0.4, -0.2) is 23.3 Å². The van der Waals surface area contributed by atoms with E-state index in [1.165, 1.54) is 0 Å². The average molecular weight is 271 g/mol. The number of fused-ring (bicyclic) bond motifs is 1. The molecule has 0 radical (unpaired) electrons. The summed E-state index contributed by atoms with van der Waals surface area (Å²) in [5, 5.41) is 11.5. The fourth-order valence-corrected chi connectivity index (χ4v) is 2.89. The van der Waals surface area contributed by atoms with Gasteiger partial charge >= 0.3 is 0 Å². The maximum Gasteiger partial charge on any atom is 0.0793 e. The van der Waals surface area contributed by atoms with E-state index in [9.17, 15) is 5.11 Å². The van der Waals surface area contributed by atoms with Gasteiger partial charge in [-0.3, -0.25) is 4.98 Å². The van der Waals surface area contributed by atoms with Gasteiger partial charge in [-0.25, -0.2) is 0 Å². The Morgan fingerprint density at radius 3 is 2.85 bits per heavy atom. The number of aliphatic hydroxyl groups excluding tert-OH is 1. The molecule has 0 bridgehead atoms.